The molecular weight excluding hydrogens is 469 g/mol. The zero-order valence-electron chi connectivity index (χ0n) is 17.5. The SMILES string of the molecule is CC(C)(C)OC(=O)N1CCC(n2cc(I)c3c(N)ncnc32)CC1C(C)(C)C. The number of aromatic nitrogens is 3. The molecular formula is C20H30IN5O2. The highest BCUT2D eigenvalue weighted by Crippen LogP contribution is 2.39. The van der Waals surface area contributed by atoms with Gasteiger partial charge in [0.1, 0.15) is 23.4 Å². The lowest BCUT2D eigenvalue weighted by Gasteiger charge is -2.46. The van der Waals surface area contributed by atoms with Gasteiger partial charge in [0.15, 0.2) is 0 Å². The monoisotopic (exact) mass is 499 g/mol. The molecule has 1 aliphatic rings. The third kappa shape index (κ3) is 4.21. The predicted molar refractivity (Wildman–Crippen MR) is 119 cm³/mol. The van der Waals surface area contributed by atoms with Crippen molar-refractivity contribution in [1.29, 1.82) is 0 Å². The molecule has 0 saturated carbocycles. The van der Waals surface area contributed by atoms with Crippen LogP contribution in [0.25, 0.3) is 11.0 Å². The van der Waals surface area contributed by atoms with E-state index in [0.717, 1.165) is 27.4 Å². The number of hydrogen-bond donors (Lipinski definition) is 1. The van der Waals surface area contributed by atoms with E-state index in [1.807, 2.05) is 25.7 Å². The highest BCUT2D eigenvalue weighted by molar-refractivity contribution is 14.1. The number of halogens is 1. The first-order valence-electron chi connectivity index (χ1n) is 9.64. The lowest BCUT2D eigenvalue weighted by atomic mass is 9.79. The molecule has 0 radical (unpaired) electrons. The first-order chi connectivity index (χ1) is 12.9. The Kier molecular flexibility index (Phi) is 5.55. The van der Waals surface area contributed by atoms with Gasteiger partial charge >= 0.3 is 6.09 Å². The van der Waals surface area contributed by atoms with Crippen molar-refractivity contribution in [2.24, 2.45) is 5.41 Å². The number of nitrogens with zero attached hydrogens (tertiary/aromatic N) is 4. The number of anilines is 1. The van der Waals surface area contributed by atoms with E-state index in [9.17, 15) is 4.79 Å². The fraction of sp³-hybridized carbons (Fsp3) is 0.650. The molecule has 2 aromatic rings. The van der Waals surface area contributed by atoms with Crippen LogP contribution in [0.15, 0.2) is 12.5 Å². The number of amides is 1. The molecule has 1 aliphatic heterocycles. The molecule has 0 aliphatic carbocycles. The summed E-state index contributed by atoms with van der Waals surface area (Å²) in [5.41, 5.74) is 6.37. The Hall–Kier alpha value is -1.58. The molecule has 0 aromatic carbocycles. The van der Waals surface area contributed by atoms with E-state index >= 15 is 0 Å². The van der Waals surface area contributed by atoms with Gasteiger partial charge < -0.3 is 19.9 Å². The number of nitrogens with two attached hydrogens (primary N) is 1. The Morgan fingerprint density at radius 2 is 1.93 bits per heavy atom. The zero-order chi connectivity index (χ0) is 20.9. The molecule has 8 heteroatoms. The molecule has 2 N–H and O–H groups in total. The van der Waals surface area contributed by atoms with Crippen LogP contribution in [0.3, 0.4) is 0 Å². The minimum Gasteiger partial charge on any atom is -0.444 e. The van der Waals surface area contributed by atoms with Gasteiger partial charge in [-0.25, -0.2) is 14.8 Å². The van der Waals surface area contributed by atoms with Crippen molar-refractivity contribution >= 4 is 45.5 Å². The molecule has 1 amide bonds. The van der Waals surface area contributed by atoms with Gasteiger partial charge in [-0.15, -0.1) is 0 Å². The van der Waals surface area contributed by atoms with E-state index in [-0.39, 0.29) is 23.6 Å². The van der Waals surface area contributed by atoms with Gasteiger partial charge in [0.05, 0.1) is 5.39 Å². The fourth-order valence-electron chi connectivity index (χ4n) is 3.90. The van der Waals surface area contributed by atoms with E-state index in [1.54, 1.807) is 0 Å². The van der Waals surface area contributed by atoms with E-state index in [0.29, 0.717) is 12.4 Å². The minimum atomic E-state index is -0.502. The molecule has 3 rings (SSSR count). The highest BCUT2D eigenvalue weighted by atomic mass is 127. The van der Waals surface area contributed by atoms with Crippen molar-refractivity contribution in [1.82, 2.24) is 19.4 Å². The summed E-state index contributed by atoms with van der Waals surface area (Å²) in [4.78, 5) is 23.4. The second-order valence-corrected chi connectivity index (χ2v) is 10.7. The molecule has 2 atom stereocenters. The Morgan fingerprint density at radius 3 is 2.54 bits per heavy atom. The second kappa shape index (κ2) is 7.35. The lowest BCUT2D eigenvalue weighted by molar-refractivity contribution is -0.0138. The number of ether oxygens (including phenoxy) is 1. The number of nitrogen functional groups attached to an aromatic ring is 1. The minimum absolute atomic E-state index is 0.0652. The van der Waals surface area contributed by atoms with Crippen LogP contribution in [-0.2, 0) is 4.74 Å². The van der Waals surface area contributed by atoms with Crippen LogP contribution in [-0.4, -0.2) is 43.7 Å². The quantitative estimate of drug-likeness (QED) is 0.580. The molecule has 7 nitrogen and oxygen atoms in total. The van der Waals surface area contributed by atoms with E-state index in [4.69, 9.17) is 10.5 Å². The largest absolute Gasteiger partial charge is 0.444 e. The van der Waals surface area contributed by atoms with Crippen molar-refractivity contribution in [3.63, 3.8) is 0 Å². The van der Waals surface area contributed by atoms with Crippen molar-refractivity contribution in [3.05, 3.63) is 16.1 Å². The third-order valence-electron chi connectivity index (χ3n) is 5.19. The molecule has 3 heterocycles. The average molecular weight is 499 g/mol. The van der Waals surface area contributed by atoms with E-state index in [1.165, 1.54) is 6.33 Å². The lowest BCUT2D eigenvalue weighted by Crippen LogP contribution is -2.53. The molecule has 0 spiro atoms. The molecule has 28 heavy (non-hydrogen) atoms. The summed E-state index contributed by atoms with van der Waals surface area (Å²) in [6.07, 6.45) is 5.07. The zero-order valence-corrected chi connectivity index (χ0v) is 19.6. The Balaban J connectivity index is 1.92. The summed E-state index contributed by atoms with van der Waals surface area (Å²) in [6.45, 7) is 12.9. The molecule has 2 unspecified atom stereocenters. The number of hydrogen-bond acceptors (Lipinski definition) is 5. The molecule has 1 fully saturated rings. The maximum Gasteiger partial charge on any atom is 0.410 e. The van der Waals surface area contributed by atoms with Gasteiger partial charge in [0.2, 0.25) is 0 Å². The topological polar surface area (TPSA) is 86.3 Å². The van der Waals surface area contributed by atoms with Gasteiger partial charge in [0, 0.05) is 28.4 Å². The Labute approximate surface area is 180 Å². The van der Waals surface area contributed by atoms with Crippen molar-refractivity contribution in [2.45, 2.75) is 72.1 Å². The van der Waals surface area contributed by atoms with Gasteiger partial charge in [-0.3, -0.25) is 0 Å². The summed E-state index contributed by atoms with van der Waals surface area (Å²) in [5.74, 6) is 0.506. The van der Waals surface area contributed by atoms with Crippen LogP contribution in [0.5, 0.6) is 0 Å². The fourth-order valence-corrected chi connectivity index (χ4v) is 4.72. The molecule has 0 bridgehead atoms. The number of likely N-dealkylation sites (tertiary alicyclic amines) is 1. The van der Waals surface area contributed by atoms with Crippen molar-refractivity contribution in [2.75, 3.05) is 12.3 Å². The standard InChI is InChI=1S/C20H30IN5O2/c1-19(2,3)14-9-12(7-8-25(14)18(27)28-20(4,5)6)26-10-13(21)15-16(22)23-11-24-17(15)26/h10-12,14H,7-9H2,1-6H3,(H2,22,23,24). The first kappa shape index (κ1) is 21.1. The van der Waals surface area contributed by atoms with Gasteiger partial charge in [-0.05, 0) is 61.6 Å². The van der Waals surface area contributed by atoms with Crippen LogP contribution >= 0.6 is 22.6 Å². The third-order valence-corrected chi connectivity index (χ3v) is 6.01. The van der Waals surface area contributed by atoms with E-state index < -0.39 is 5.60 Å². The molecule has 2 aromatic heterocycles. The summed E-state index contributed by atoms with van der Waals surface area (Å²) in [5, 5.41) is 0.907. The second-order valence-electron chi connectivity index (χ2n) is 9.58. The van der Waals surface area contributed by atoms with E-state index in [2.05, 4.69) is 64.1 Å². The van der Waals surface area contributed by atoms with Crippen molar-refractivity contribution < 1.29 is 9.53 Å². The van der Waals surface area contributed by atoms with Gasteiger partial charge in [-0.1, -0.05) is 20.8 Å². The number of piperidine rings is 1. The first-order valence-corrected chi connectivity index (χ1v) is 10.7. The molecule has 1 saturated heterocycles. The normalized spacial score (nSPS) is 21.2. The van der Waals surface area contributed by atoms with Gasteiger partial charge in [0.25, 0.3) is 0 Å². The van der Waals surface area contributed by atoms with Crippen LogP contribution in [0, 0.1) is 8.99 Å². The number of fused-ring (bicyclic) bond motifs is 1. The summed E-state index contributed by atoms with van der Waals surface area (Å²) < 4.78 is 8.93. The Bertz CT molecular complexity index is 881. The van der Waals surface area contributed by atoms with Gasteiger partial charge in [-0.2, -0.15) is 0 Å². The maximum absolute atomic E-state index is 12.8. The summed E-state index contributed by atoms with van der Waals surface area (Å²) >= 11 is 2.29. The van der Waals surface area contributed by atoms with Crippen LogP contribution in [0.1, 0.15) is 60.4 Å². The van der Waals surface area contributed by atoms with Crippen LogP contribution in [0.2, 0.25) is 0 Å². The Morgan fingerprint density at radius 1 is 1.25 bits per heavy atom. The van der Waals surface area contributed by atoms with Crippen LogP contribution in [0.4, 0.5) is 10.6 Å². The summed E-state index contributed by atoms with van der Waals surface area (Å²) in [6, 6.07) is 0.304. The average Bonchev–Trinajstić information content (AvgIpc) is 2.90. The van der Waals surface area contributed by atoms with Crippen molar-refractivity contribution in [3.8, 4) is 0 Å². The smallest absolute Gasteiger partial charge is 0.410 e. The summed E-state index contributed by atoms with van der Waals surface area (Å²) in [7, 11) is 0. The number of carbonyl (C=O) groups excluding carboxylic acids is 1. The molecule has 154 valence electrons. The maximum atomic E-state index is 12.8. The number of rotatable bonds is 1. The predicted octanol–water partition coefficient (Wildman–Crippen LogP) is 4.60. The number of carbonyl (C=O) groups is 1. The van der Waals surface area contributed by atoms with Crippen LogP contribution < -0.4 is 5.73 Å². The highest BCUT2D eigenvalue weighted by Gasteiger charge is 2.41.